The van der Waals surface area contributed by atoms with Gasteiger partial charge in [-0.1, -0.05) is 61.5 Å². The number of rotatable bonds is 7. The van der Waals surface area contributed by atoms with Gasteiger partial charge < -0.3 is 5.32 Å². The highest BCUT2D eigenvalue weighted by atomic mass is 35.5. The van der Waals surface area contributed by atoms with E-state index < -0.39 is 11.3 Å². The normalized spacial score (nSPS) is 17.9. The zero-order valence-electron chi connectivity index (χ0n) is 18.9. The highest BCUT2D eigenvalue weighted by Crippen LogP contribution is 2.35. The molecular formula is C25H27ClN4O2S. The second kappa shape index (κ2) is 10.1. The van der Waals surface area contributed by atoms with E-state index in [1.807, 2.05) is 55.5 Å². The van der Waals surface area contributed by atoms with Gasteiger partial charge in [-0.3, -0.25) is 14.6 Å². The van der Waals surface area contributed by atoms with Crippen molar-refractivity contribution in [1.82, 2.24) is 10.2 Å². The Labute approximate surface area is 203 Å². The molecule has 0 saturated heterocycles. The number of thioether (sulfide) groups is 1. The summed E-state index contributed by atoms with van der Waals surface area (Å²) in [7, 11) is 0. The maximum atomic E-state index is 13.2. The van der Waals surface area contributed by atoms with Gasteiger partial charge in [0.1, 0.15) is 11.9 Å². The van der Waals surface area contributed by atoms with Gasteiger partial charge in [-0.25, -0.2) is 9.89 Å². The van der Waals surface area contributed by atoms with E-state index in [4.69, 9.17) is 21.6 Å². The molecule has 33 heavy (non-hydrogen) atoms. The molecule has 1 N–H and O–H groups in total. The largest absolute Gasteiger partial charge is 0.355 e. The standard InChI is InChI=1S/C25H27ClN4O2S/c1-15(2)14-21-24(32)30-22(28-21)19-6-4-5-7-20(19)29-25(30)33-16(3)23(31)27-13-12-17-8-10-18(26)11-9-17/h4-11,15-16,21H,12-14H2,1-3H3,(H,27,31)/t16-,21+/m0/s1. The van der Waals surface area contributed by atoms with E-state index in [1.54, 1.807) is 4.90 Å². The second-order valence-electron chi connectivity index (χ2n) is 8.61. The number of amides is 2. The molecule has 0 bridgehead atoms. The minimum atomic E-state index is -0.419. The number of nitrogens with one attached hydrogen (secondary N) is 1. The van der Waals surface area contributed by atoms with Crippen LogP contribution in [0.2, 0.25) is 5.02 Å². The Bertz CT molecular complexity index is 1110. The summed E-state index contributed by atoms with van der Waals surface area (Å²) in [5.74, 6) is 0.807. The molecule has 0 radical (unpaired) electrons. The molecule has 6 nitrogen and oxygen atoms in total. The summed E-state index contributed by atoms with van der Waals surface area (Å²) >= 11 is 7.21. The zero-order chi connectivity index (χ0) is 23.5. The lowest BCUT2D eigenvalue weighted by molar-refractivity contribution is -0.125. The first-order valence-electron chi connectivity index (χ1n) is 11.1. The summed E-state index contributed by atoms with van der Waals surface area (Å²) in [6, 6.07) is 14.9. The number of fused-ring (bicyclic) bond motifs is 3. The van der Waals surface area contributed by atoms with Gasteiger partial charge in [0.05, 0.1) is 10.9 Å². The topological polar surface area (TPSA) is 74.1 Å². The molecular weight excluding hydrogens is 456 g/mol. The number of aliphatic imine (C=N–C) groups is 2. The Morgan fingerprint density at radius 2 is 1.88 bits per heavy atom. The lowest BCUT2D eigenvalue weighted by Gasteiger charge is -2.27. The van der Waals surface area contributed by atoms with Crippen molar-refractivity contribution < 1.29 is 9.59 Å². The number of hydrogen-bond acceptors (Lipinski definition) is 5. The van der Waals surface area contributed by atoms with E-state index in [0.29, 0.717) is 41.3 Å². The lowest BCUT2D eigenvalue weighted by atomic mass is 10.0. The Morgan fingerprint density at radius 3 is 2.61 bits per heavy atom. The number of nitrogens with zero attached hydrogens (tertiary/aromatic N) is 3. The van der Waals surface area contributed by atoms with Crippen LogP contribution in [0.1, 0.15) is 38.3 Å². The number of carbonyl (C=O) groups is 2. The monoisotopic (exact) mass is 482 g/mol. The van der Waals surface area contributed by atoms with Crippen LogP contribution in [0.5, 0.6) is 0 Å². The summed E-state index contributed by atoms with van der Waals surface area (Å²) in [5, 5.41) is 3.76. The Balaban J connectivity index is 1.45. The molecule has 2 atom stereocenters. The van der Waals surface area contributed by atoms with Crippen molar-refractivity contribution >= 4 is 51.9 Å². The Morgan fingerprint density at radius 1 is 1.15 bits per heavy atom. The fourth-order valence-electron chi connectivity index (χ4n) is 3.82. The van der Waals surface area contributed by atoms with E-state index in [0.717, 1.165) is 16.8 Å². The van der Waals surface area contributed by atoms with Gasteiger partial charge in [0.25, 0.3) is 5.91 Å². The second-order valence-corrected chi connectivity index (χ2v) is 10.4. The molecule has 2 aromatic carbocycles. The van der Waals surface area contributed by atoms with Crippen molar-refractivity contribution in [1.29, 1.82) is 0 Å². The van der Waals surface area contributed by atoms with E-state index in [-0.39, 0.29) is 11.8 Å². The van der Waals surface area contributed by atoms with Crippen LogP contribution in [0, 0.1) is 5.92 Å². The van der Waals surface area contributed by atoms with Crippen LogP contribution < -0.4 is 5.32 Å². The maximum absolute atomic E-state index is 13.2. The first-order valence-corrected chi connectivity index (χ1v) is 12.4. The molecule has 2 amide bonds. The molecule has 172 valence electrons. The van der Waals surface area contributed by atoms with E-state index >= 15 is 0 Å². The van der Waals surface area contributed by atoms with Gasteiger partial charge in [-0.05, 0) is 55.5 Å². The summed E-state index contributed by atoms with van der Waals surface area (Å²) < 4.78 is 0. The molecule has 2 aliphatic rings. The summed E-state index contributed by atoms with van der Waals surface area (Å²) in [6.07, 6.45) is 1.40. The van der Waals surface area contributed by atoms with Crippen LogP contribution in [0.15, 0.2) is 58.5 Å². The predicted octanol–water partition coefficient (Wildman–Crippen LogP) is 4.83. The fourth-order valence-corrected chi connectivity index (χ4v) is 4.88. The van der Waals surface area contributed by atoms with Crippen LogP contribution >= 0.6 is 23.4 Å². The number of para-hydroxylation sites is 1. The third kappa shape index (κ3) is 5.31. The lowest BCUT2D eigenvalue weighted by Crippen LogP contribution is -2.43. The number of halogens is 1. The molecule has 4 rings (SSSR count). The van der Waals surface area contributed by atoms with Crippen LogP contribution in [-0.4, -0.2) is 45.6 Å². The summed E-state index contributed by atoms with van der Waals surface area (Å²) in [5.41, 5.74) is 2.72. The highest BCUT2D eigenvalue weighted by Gasteiger charge is 2.42. The Hall–Kier alpha value is -2.64. The molecule has 2 heterocycles. The van der Waals surface area contributed by atoms with Gasteiger partial charge in [-0.2, -0.15) is 0 Å². The van der Waals surface area contributed by atoms with E-state index in [2.05, 4.69) is 19.2 Å². The number of benzene rings is 2. The van der Waals surface area contributed by atoms with Crippen molar-refractivity contribution in [2.75, 3.05) is 6.54 Å². The molecule has 0 saturated carbocycles. The number of amidine groups is 2. The van der Waals surface area contributed by atoms with Crippen molar-refractivity contribution in [2.24, 2.45) is 15.9 Å². The quantitative estimate of drug-likeness (QED) is 0.614. The number of hydrogen-bond donors (Lipinski definition) is 1. The molecule has 0 unspecified atom stereocenters. The van der Waals surface area contributed by atoms with Crippen LogP contribution in [-0.2, 0) is 16.0 Å². The van der Waals surface area contributed by atoms with Gasteiger partial charge in [0, 0.05) is 17.1 Å². The Kier molecular flexibility index (Phi) is 7.20. The molecule has 2 aromatic rings. The molecule has 8 heteroatoms. The summed E-state index contributed by atoms with van der Waals surface area (Å²) in [4.78, 5) is 37.0. The van der Waals surface area contributed by atoms with Crippen LogP contribution in [0.3, 0.4) is 0 Å². The SMILES string of the molecule is CC(C)C[C@H]1N=C2c3ccccc3N=C(S[C@@H](C)C(=O)NCCc3ccc(Cl)cc3)N2C1=O. The highest BCUT2D eigenvalue weighted by molar-refractivity contribution is 8.15. The average molecular weight is 483 g/mol. The average Bonchev–Trinajstić information content (AvgIpc) is 3.11. The fraction of sp³-hybridized carbons (Fsp3) is 0.360. The molecule has 0 spiro atoms. The number of carbonyl (C=O) groups excluding carboxylic acids is 2. The first kappa shape index (κ1) is 23.5. The van der Waals surface area contributed by atoms with Gasteiger partial charge in [0.2, 0.25) is 5.91 Å². The van der Waals surface area contributed by atoms with Crippen molar-refractivity contribution in [2.45, 2.75) is 44.9 Å². The third-order valence-corrected chi connectivity index (χ3v) is 6.82. The van der Waals surface area contributed by atoms with Crippen molar-refractivity contribution in [3.05, 3.63) is 64.7 Å². The predicted molar refractivity (Wildman–Crippen MR) is 135 cm³/mol. The van der Waals surface area contributed by atoms with Crippen molar-refractivity contribution in [3.63, 3.8) is 0 Å². The maximum Gasteiger partial charge on any atom is 0.259 e. The zero-order valence-corrected chi connectivity index (χ0v) is 20.5. The van der Waals surface area contributed by atoms with Gasteiger partial charge in [-0.15, -0.1) is 0 Å². The molecule has 2 aliphatic heterocycles. The van der Waals surface area contributed by atoms with Crippen molar-refractivity contribution in [3.8, 4) is 0 Å². The third-order valence-electron chi connectivity index (χ3n) is 5.52. The van der Waals surface area contributed by atoms with E-state index in [9.17, 15) is 9.59 Å². The smallest absolute Gasteiger partial charge is 0.259 e. The molecule has 0 fully saturated rings. The first-order chi connectivity index (χ1) is 15.8. The molecule has 0 aromatic heterocycles. The van der Waals surface area contributed by atoms with Gasteiger partial charge in [0.15, 0.2) is 5.17 Å². The minimum absolute atomic E-state index is 0.0743. The van der Waals surface area contributed by atoms with Gasteiger partial charge >= 0.3 is 0 Å². The van der Waals surface area contributed by atoms with E-state index in [1.165, 1.54) is 11.8 Å². The van der Waals surface area contributed by atoms with Crippen LogP contribution in [0.4, 0.5) is 5.69 Å². The minimum Gasteiger partial charge on any atom is -0.355 e. The summed E-state index contributed by atoms with van der Waals surface area (Å²) in [6.45, 7) is 6.51. The molecule has 0 aliphatic carbocycles. The van der Waals surface area contributed by atoms with Crippen LogP contribution in [0.25, 0.3) is 0 Å².